The molecule has 0 spiro atoms. The van der Waals surface area contributed by atoms with Gasteiger partial charge in [0.15, 0.2) is 0 Å². The summed E-state index contributed by atoms with van der Waals surface area (Å²) in [5.74, 6) is 0.0375. The molecular weight excluding hydrogens is 200 g/mol. The Kier molecular flexibility index (Phi) is 8.50. The van der Waals surface area contributed by atoms with Gasteiger partial charge in [0.2, 0.25) is 5.91 Å². The summed E-state index contributed by atoms with van der Waals surface area (Å²) in [5.41, 5.74) is 0.874. The third-order valence-electron chi connectivity index (χ3n) is 1.77. The molecule has 1 aromatic rings. The smallest absolute Gasteiger partial charge is 0.220 e. The molecule has 0 atom stereocenters. The molecule has 86 valence electrons. The molecule has 0 fully saturated rings. The third-order valence-corrected chi connectivity index (χ3v) is 1.77. The van der Waals surface area contributed by atoms with Crippen LogP contribution in [0, 0.1) is 0 Å². The lowest BCUT2D eigenvalue weighted by atomic mass is 10.3. The molecule has 1 rings (SSSR count). The van der Waals surface area contributed by atoms with Crippen LogP contribution in [0.5, 0.6) is 0 Å². The van der Waals surface area contributed by atoms with Gasteiger partial charge in [-0.05, 0) is 18.6 Å². The molecule has 0 radical (unpaired) electrons. The standard InChI is InChI=1S/C11H14N2O.C2H4/c1-2-3-7-11(14)13-9-10-6-4-5-8-12-10;1-2/h2,4-6,8H,1,3,7,9H2,(H,13,14);1-2H2. The van der Waals surface area contributed by atoms with Crippen molar-refractivity contribution in [2.75, 3.05) is 0 Å². The zero-order chi connectivity index (χ0) is 12.2. The van der Waals surface area contributed by atoms with E-state index in [0.717, 1.165) is 5.69 Å². The van der Waals surface area contributed by atoms with Crippen LogP contribution in [0.3, 0.4) is 0 Å². The minimum atomic E-state index is 0.0375. The van der Waals surface area contributed by atoms with E-state index in [0.29, 0.717) is 19.4 Å². The monoisotopic (exact) mass is 218 g/mol. The molecule has 3 nitrogen and oxygen atoms in total. The van der Waals surface area contributed by atoms with Crippen LogP contribution in [-0.4, -0.2) is 10.9 Å². The van der Waals surface area contributed by atoms with Crippen molar-refractivity contribution < 1.29 is 4.79 Å². The Morgan fingerprint density at radius 2 is 2.19 bits per heavy atom. The zero-order valence-electron chi connectivity index (χ0n) is 9.48. The quantitative estimate of drug-likeness (QED) is 0.771. The first-order chi connectivity index (χ1) is 7.83. The predicted octanol–water partition coefficient (Wildman–Crippen LogP) is 2.47. The van der Waals surface area contributed by atoms with Crippen molar-refractivity contribution in [1.82, 2.24) is 10.3 Å². The predicted molar refractivity (Wildman–Crippen MR) is 66.8 cm³/mol. The number of allylic oxidation sites excluding steroid dienone is 1. The highest BCUT2D eigenvalue weighted by molar-refractivity contribution is 5.75. The van der Waals surface area contributed by atoms with Crippen LogP contribution in [0.2, 0.25) is 0 Å². The summed E-state index contributed by atoms with van der Waals surface area (Å²) in [5, 5.41) is 2.78. The molecule has 0 aliphatic rings. The molecule has 3 heteroatoms. The lowest BCUT2D eigenvalue weighted by Gasteiger charge is -2.02. The Morgan fingerprint density at radius 3 is 2.75 bits per heavy atom. The third kappa shape index (κ3) is 6.54. The first kappa shape index (κ1) is 14.1. The minimum Gasteiger partial charge on any atom is -0.350 e. The number of carbonyl (C=O) groups is 1. The first-order valence-corrected chi connectivity index (χ1v) is 5.10. The van der Waals surface area contributed by atoms with Gasteiger partial charge in [-0.2, -0.15) is 0 Å². The molecule has 1 amide bonds. The van der Waals surface area contributed by atoms with Crippen molar-refractivity contribution >= 4 is 5.91 Å². The number of nitrogens with zero attached hydrogens (tertiary/aromatic N) is 1. The van der Waals surface area contributed by atoms with E-state index in [4.69, 9.17) is 0 Å². The van der Waals surface area contributed by atoms with E-state index in [9.17, 15) is 4.79 Å². The Morgan fingerprint density at radius 1 is 1.44 bits per heavy atom. The minimum absolute atomic E-state index is 0.0375. The van der Waals surface area contributed by atoms with Gasteiger partial charge in [-0.3, -0.25) is 9.78 Å². The van der Waals surface area contributed by atoms with Crippen molar-refractivity contribution in [1.29, 1.82) is 0 Å². The molecule has 16 heavy (non-hydrogen) atoms. The highest BCUT2D eigenvalue weighted by atomic mass is 16.1. The largest absolute Gasteiger partial charge is 0.350 e. The van der Waals surface area contributed by atoms with Gasteiger partial charge >= 0.3 is 0 Å². The summed E-state index contributed by atoms with van der Waals surface area (Å²) in [6.07, 6.45) is 4.66. The summed E-state index contributed by atoms with van der Waals surface area (Å²) in [7, 11) is 0. The average molecular weight is 218 g/mol. The van der Waals surface area contributed by atoms with Crippen LogP contribution in [0.1, 0.15) is 18.5 Å². The van der Waals surface area contributed by atoms with Gasteiger partial charge in [0.05, 0.1) is 12.2 Å². The summed E-state index contributed by atoms with van der Waals surface area (Å²) in [6.45, 7) is 10.1. The highest BCUT2D eigenvalue weighted by Crippen LogP contribution is 1.94. The van der Waals surface area contributed by atoms with Crippen molar-refractivity contribution in [3.05, 3.63) is 55.9 Å². The van der Waals surface area contributed by atoms with Crippen molar-refractivity contribution in [2.45, 2.75) is 19.4 Å². The number of nitrogens with one attached hydrogen (secondary N) is 1. The Bertz CT molecular complexity index is 309. The second-order valence-electron chi connectivity index (χ2n) is 2.93. The number of pyridine rings is 1. The van der Waals surface area contributed by atoms with Crippen LogP contribution in [0.15, 0.2) is 50.2 Å². The summed E-state index contributed by atoms with van der Waals surface area (Å²) in [6, 6.07) is 5.63. The molecule has 1 heterocycles. The van der Waals surface area contributed by atoms with E-state index < -0.39 is 0 Å². The fraction of sp³-hybridized carbons (Fsp3) is 0.231. The fourth-order valence-corrected chi connectivity index (χ4v) is 1.01. The normalized spacial score (nSPS) is 8.50. The second-order valence-corrected chi connectivity index (χ2v) is 2.93. The van der Waals surface area contributed by atoms with Crippen molar-refractivity contribution in [2.24, 2.45) is 0 Å². The van der Waals surface area contributed by atoms with Crippen LogP contribution in [0.4, 0.5) is 0 Å². The van der Waals surface area contributed by atoms with E-state index in [1.54, 1.807) is 12.3 Å². The Balaban J connectivity index is 0.00000106. The highest BCUT2D eigenvalue weighted by Gasteiger charge is 1.99. The Labute approximate surface area is 96.9 Å². The molecule has 0 aliphatic carbocycles. The van der Waals surface area contributed by atoms with E-state index >= 15 is 0 Å². The molecule has 0 unspecified atom stereocenters. The molecule has 0 aromatic carbocycles. The SMILES string of the molecule is C=C.C=CCCC(=O)NCc1ccccn1. The number of amides is 1. The molecule has 0 saturated heterocycles. The van der Waals surface area contributed by atoms with Gasteiger partial charge in [-0.1, -0.05) is 12.1 Å². The van der Waals surface area contributed by atoms with Gasteiger partial charge in [-0.15, -0.1) is 19.7 Å². The molecule has 0 aliphatic heterocycles. The second kappa shape index (κ2) is 9.65. The van der Waals surface area contributed by atoms with Crippen LogP contribution < -0.4 is 5.32 Å². The lowest BCUT2D eigenvalue weighted by molar-refractivity contribution is -0.121. The van der Waals surface area contributed by atoms with Gasteiger partial charge in [0.25, 0.3) is 0 Å². The van der Waals surface area contributed by atoms with Crippen LogP contribution in [-0.2, 0) is 11.3 Å². The van der Waals surface area contributed by atoms with Gasteiger partial charge in [0.1, 0.15) is 0 Å². The summed E-state index contributed by atoms with van der Waals surface area (Å²) >= 11 is 0. The number of carbonyl (C=O) groups excluding carboxylic acids is 1. The van der Waals surface area contributed by atoms with Crippen LogP contribution >= 0.6 is 0 Å². The zero-order valence-corrected chi connectivity index (χ0v) is 9.48. The molecule has 0 bridgehead atoms. The van der Waals surface area contributed by atoms with Gasteiger partial charge < -0.3 is 5.32 Å². The number of hydrogen-bond donors (Lipinski definition) is 1. The van der Waals surface area contributed by atoms with E-state index in [1.807, 2.05) is 18.2 Å². The summed E-state index contributed by atoms with van der Waals surface area (Å²) < 4.78 is 0. The maximum absolute atomic E-state index is 11.2. The van der Waals surface area contributed by atoms with E-state index in [1.165, 1.54) is 0 Å². The maximum atomic E-state index is 11.2. The number of hydrogen-bond acceptors (Lipinski definition) is 2. The van der Waals surface area contributed by atoms with Crippen molar-refractivity contribution in [3.63, 3.8) is 0 Å². The fourth-order valence-electron chi connectivity index (χ4n) is 1.01. The van der Waals surface area contributed by atoms with Gasteiger partial charge in [-0.25, -0.2) is 0 Å². The molecule has 1 N–H and O–H groups in total. The molecule has 0 saturated carbocycles. The first-order valence-electron chi connectivity index (χ1n) is 5.10. The van der Waals surface area contributed by atoms with Crippen LogP contribution in [0.25, 0.3) is 0 Å². The number of rotatable bonds is 5. The lowest BCUT2D eigenvalue weighted by Crippen LogP contribution is -2.22. The van der Waals surface area contributed by atoms with E-state index in [-0.39, 0.29) is 5.91 Å². The van der Waals surface area contributed by atoms with Crippen molar-refractivity contribution in [3.8, 4) is 0 Å². The Hall–Kier alpha value is -1.90. The number of aromatic nitrogens is 1. The molecule has 1 aromatic heterocycles. The van der Waals surface area contributed by atoms with E-state index in [2.05, 4.69) is 30.0 Å². The molecular formula is C13H18N2O. The topological polar surface area (TPSA) is 42.0 Å². The van der Waals surface area contributed by atoms with Gasteiger partial charge in [0, 0.05) is 12.6 Å². The maximum Gasteiger partial charge on any atom is 0.220 e. The average Bonchev–Trinajstić information content (AvgIpc) is 2.37. The summed E-state index contributed by atoms with van der Waals surface area (Å²) in [4.78, 5) is 15.3.